The molecule has 0 aliphatic heterocycles. The maximum Gasteiger partial charge on any atom is 0.341 e. The Labute approximate surface area is 155 Å². The molecule has 1 heterocycles. The Bertz CT molecular complexity index is 996. The van der Waals surface area contributed by atoms with E-state index < -0.39 is 35.2 Å². The zero-order chi connectivity index (χ0) is 18.9. The number of aromatic nitrogens is 2. The van der Waals surface area contributed by atoms with Crippen LogP contribution in [0.25, 0.3) is 0 Å². The van der Waals surface area contributed by atoms with E-state index in [9.17, 15) is 19.2 Å². The summed E-state index contributed by atoms with van der Waals surface area (Å²) in [6.45, 7) is -0.816. The Morgan fingerprint density at radius 1 is 1.16 bits per heavy atom. The molecule has 0 aliphatic carbocycles. The van der Waals surface area contributed by atoms with E-state index >= 15 is 0 Å². The summed E-state index contributed by atoms with van der Waals surface area (Å²) in [5, 5.41) is -0.0829. The van der Waals surface area contributed by atoms with Crippen molar-refractivity contribution in [1.29, 1.82) is 0 Å². The lowest BCUT2D eigenvalue weighted by Crippen LogP contribution is -2.35. The van der Waals surface area contributed by atoms with Crippen LogP contribution >= 0.6 is 34.8 Å². The minimum Gasteiger partial charge on any atom is -0.454 e. The van der Waals surface area contributed by atoms with Gasteiger partial charge in [-0.15, -0.1) is 0 Å². The second kappa shape index (κ2) is 7.30. The summed E-state index contributed by atoms with van der Waals surface area (Å²) in [6, 6.07) is 2.72. The van der Waals surface area contributed by atoms with Gasteiger partial charge in [0.2, 0.25) is 5.78 Å². The van der Waals surface area contributed by atoms with Crippen LogP contribution in [0, 0.1) is 0 Å². The van der Waals surface area contributed by atoms with Crippen LogP contribution in [0.2, 0.25) is 15.1 Å². The van der Waals surface area contributed by atoms with Crippen LogP contribution in [0.5, 0.6) is 0 Å². The normalized spacial score (nSPS) is 10.6. The minimum absolute atomic E-state index is 0.0219. The van der Waals surface area contributed by atoms with Gasteiger partial charge in [0.05, 0.1) is 20.6 Å². The second-order valence-corrected chi connectivity index (χ2v) is 5.99. The molecule has 0 atom stereocenters. The summed E-state index contributed by atoms with van der Waals surface area (Å²) in [5.41, 5.74) is 3.10. The van der Waals surface area contributed by atoms with Gasteiger partial charge in [-0.3, -0.25) is 19.1 Å². The summed E-state index contributed by atoms with van der Waals surface area (Å²) >= 11 is 17.6. The molecule has 0 amide bonds. The number of nitrogens with two attached hydrogens (primary N) is 1. The standard InChI is InChI=1S/C14H10Cl3N3O5/c1-20-11(18)9(12(22)19-14(20)24)7(21)4-25-13(23)8-5(15)2-3-6(16)10(8)17/h2-3H,4,18H2,1H3,(H,19,22,24). The smallest absolute Gasteiger partial charge is 0.341 e. The molecule has 2 rings (SSSR count). The number of anilines is 1. The average molecular weight is 407 g/mol. The number of aromatic amines is 1. The molecule has 1 aromatic heterocycles. The molecule has 3 N–H and O–H groups in total. The molecule has 0 unspecified atom stereocenters. The Morgan fingerprint density at radius 3 is 2.40 bits per heavy atom. The number of nitrogen functional groups attached to an aromatic ring is 1. The van der Waals surface area contributed by atoms with E-state index in [0.717, 1.165) is 4.57 Å². The molecular weight excluding hydrogens is 397 g/mol. The molecule has 132 valence electrons. The monoisotopic (exact) mass is 405 g/mol. The summed E-state index contributed by atoms with van der Waals surface area (Å²) in [6.07, 6.45) is 0. The third kappa shape index (κ3) is 3.71. The quantitative estimate of drug-likeness (QED) is 0.452. The number of nitrogens with zero attached hydrogens (tertiary/aromatic N) is 1. The Kier molecular flexibility index (Phi) is 5.56. The third-order valence-electron chi connectivity index (χ3n) is 3.23. The van der Waals surface area contributed by atoms with E-state index in [4.69, 9.17) is 45.3 Å². The second-order valence-electron chi connectivity index (χ2n) is 4.80. The fraction of sp³-hybridized carbons (Fsp3) is 0.143. The van der Waals surface area contributed by atoms with Gasteiger partial charge in [0, 0.05) is 7.05 Å². The number of ketones is 1. The molecule has 0 aliphatic rings. The predicted octanol–water partition coefficient (Wildman–Crippen LogP) is 1.66. The summed E-state index contributed by atoms with van der Waals surface area (Å²) in [5.74, 6) is -2.27. The van der Waals surface area contributed by atoms with E-state index in [-0.39, 0.29) is 26.4 Å². The summed E-state index contributed by atoms with van der Waals surface area (Å²) in [7, 11) is 1.27. The zero-order valence-corrected chi connectivity index (χ0v) is 14.8. The molecule has 25 heavy (non-hydrogen) atoms. The van der Waals surface area contributed by atoms with Crippen molar-refractivity contribution in [2.45, 2.75) is 0 Å². The average Bonchev–Trinajstić information content (AvgIpc) is 2.54. The maximum atomic E-state index is 12.1. The molecule has 0 fully saturated rings. The first-order chi connectivity index (χ1) is 11.6. The SMILES string of the molecule is Cn1c(N)c(C(=O)COC(=O)c2c(Cl)ccc(Cl)c2Cl)c(=O)[nH]c1=O. The highest BCUT2D eigenvalue weighted by Crippen LogP contribution is 2.31. The fourth-order valence-corrected chi connectivity index (χ4v) is 2.58. The topological polar surface area (TPSA) is 124 Å². The van der Waals surface area contributed by atoms with Crippen molar-refractivity contribution in [3.8, 4) is 0 Å². The minimum atomic E-state index is -1.01. The highest BCUT2D eigenvalue weighted by Gasteiger charge is 2.23. The van der Waals surface area contributed by atoms with Gasteiger partial charge in [-0.25, -0.2) is 9.59 Å². The first kappa shape index (κ1) is 19.0. The van der Waals surface area contributed by atoms with Crippen LogP contribution < -0.4 is 17.0 Å². The van der Waals surface area contributed by atoms with Crippen molar-refractivity contribution in [3.63, 3.8) is 0 Å². The molecule has 0 radical (unpaired) electrons. The molecule has 8 nitrogen and oxygen atoms in total. The van der Waals surface area contributed by atoms with E-state index in [1.54, 1.807) is 0 Å². The first-order valence-corrected chi connectivity index (χ1v) is 7.71. The molecule has 0 bridgehead atoms. The number of benzene rings is 1. The molecule has 0 saturated heterocycles. The predicted molar refractivity (Wildman–Crippen MR) is 92.8 cm³/mol. The molecular formula is C14H10Cl3N3O5. The van der Waals surface area contributed by atoms with Crippen molar-refractivity contribution in [2.75, 3.05) is 12.3 Å². The zero-order valence-electron chi connectivity index (χ0n) is 12.6. The van der Waals surface area contributed by atoms with Crippen LogP contribution in [0.15, 0.2) is 21.7 Å². The maximum absolute atomic E-state index is 12.1. The highest BCUT2D eigenvalue weighted by molar-refractivity contribution is 6.46. The van der Waals surface area contributed by atoms with Crippen molar-refractivity contribution in [2.24, 2.45) is 7.05 Å². The van der Waals surface area contributed by atoms with Gasteiger partial charge in [0.25, 0.3) is 5.56 Å². The number of halogens is 3. The lowest BCUT2D eigenvalue weighted by atomic mass is 10.2. The number of rotatable bonds is 4. The van der Waals surface area contributed by atoms with E-state index in [0.29, 0.717) is 0 Å². The van der Waals surface area contributed by atoms with E-state index in [1.165, 1.54) is 19.2 Å². The molecule has 1 aromatic carbocycles. The van der Waals surface area contributed by atoms with Crippen molar-refractivity contribution in [3.05, 3.63) is 59.2 Å². The summed E-state index contributed by atoms with van der Waals surface area (Å²) in [4.78, 5) is 49.3. The van der Waals surface area contributed by atoms with Gasteiger partial charge in [-0.05, 0) is 12.1 Å². The highest BCUT2D eigenvalue weighted by atomic mass is 35.5. The van der Waals surface area contributed by atoms with Crippen LogP contribution in [-0.2, 0) is 11.8 Å². The van der Waals surface area contributed by atoms with Crippen LogP contribution in [-0.4, -0.2) is 27.9 Å². The molecule has 0 saturated carbocycles. The number of carbonyl (C=O) groups is 2. The van der Waals surface area contributed by atoms with Crippen molar-refractivity contribution >= 4 is 52.4 Å². The van der Waals surface area contributed by atoms with Crippen molar-refractivity contribution in [1.82, 2.24) is 9.55 Å². The molecule has 0 spiro atoms. The summed E-state index contributed by atoms with van der Waals surface area (Å²) < 4.78 is 5.71. The largest absolute Gasteiger partial charge is 0.454 e. The van der Waals surface area contributed by atoms with Crippen LogP contribution in [0.3, 0.4) is 0 Å². The Balaban J connectivity index is 2.26. The number of ether oxygens (including phenoxy) is 1. The molecule has 11 heteroatoms. The van der Waals surface area contributed by atoms with Gasteiger partial charge in [0.15, 0.2) is 6.61 Å². The Hall–Kier alpha value is -2.29. The van der Waals surface area contributed by atoms with E-state index in [1.807, 2.05) is 4.98 Å². The number of hydrogen-bond donors (Lipinski definition) is 2. The lowest BCUT2D eigenvalue weighted by Gasteiger charge is -2.10. The number of Topliss-reactive ketones (excluding diaryl/α,β-unsaturated/α-hetero) is 1. The molecule has 2 aromatic rings. The third-order valence-corrected chi connectivity index (χ3v) is 4.35. The van der Waals surface area contributed by atoms with Gasteiger partial charge in [-0.1, -0.05) is 34.8 Å². The lowest BCUT2D eigenvalue weighted by molar-refractivity contribution is 0.0474. The fourth-order valence-electron chi connectivity index (χ4n) is 1.90. The Morgan fingerprint density at radius 2 is 1.76 bits per heavy atom. The van der Waals surface area contributed by atoms with Crippen LogP contribution in [0.1, 0.15) is 20.7 Å². The van der Waals surface area contributed by atoms with Gasteiger partial charge in [-0.2, -0.15) is 0 Å². The van der Waals surface area contributed by atoms with Crippen LogP contribution in [0.4, 0.5) is 5.82 Å². The van der Waals surface area contributed by atoms with E-state index in [2.05, 4.69) is 0 Å². The number of hydrogen-bond acceptors (Lipinski definition) is 6. The number of H-pyrrole nitrogens is 1. The number of esters is 1. The number of nitrogens with one attached hydrogen (secondary N) is 1. The van der Waals surface area contributed by atoms with Gasteiger partial charge in [0.1, 0.15) is 11.4 Å². The van der Waals surface area contributed by atoms with Crippen molar-refractivity contribution < 1.29 is 14.3 Å². The van der Waals surface area contributed by atoms with Gasteiger partial charge >= 0.3 is 11.7 Å². The number of carbonyl (C=O) groups excluding carboxylic acids is 2. The first-order valence-electron chi connectivity index (χ1n) is 6.57. The van der Waals surface area contributed by atoms with Gasteiger partial charge < -0.3 is 10.5 Å².